The Balaban J connectivity index is 1.43. The molecule has 2 saturated heterocycles. The molecule has 10 nitrogen and oxygen atoms in total. The minimum atomic E-state index is -0.715. The highest BCUT2D eigenvalue weighted by molar-refractivity contribution is 6.45. The Kier molecular flexibility index (Phi) is 7.88. The number of nitrogens with one attached hydrogen (secondary N) is 1. The van der Waals surface area contributed by atoms with E-state index >= 15 is 0 Å². The van der Waals surface area contributed by atoms with Crippen molar-refractivity contribution in [3.8, 4) is 5.75 Å². The second kappa shape index (κ2) is 11.8. The van der Waals surface area contributed by atoms with E-state index in [1.807, 2.05) is 6.92 Å². The number of rotatable bonds is 6. The third kappa shape index (κ3) is 5.87. The lowest BCUT2D eigenvalue weighted by molar-refractivity contribution is -0.140. The Morgan fingerprint density at radius 3 is 2.20 bits per heavy atom. The van der Waals surface area contributed by atoms with Gasteiger partial charge in [-0.1, -0.05) is 41.5 Å². The first-order valence-corrected chi connectivity index (χ1v) is 12.8. The Labute approximate surface area is 232 Å². The second-order valence-electron chi connectivity index (χ2n) is 9.33. The Hall–Kier alpha value is -4.96. The number of carbonyl (C=O) groups is 3. The molecule has 10 heteroatoms. The number of nitrogens with zero attached hydrogens (tertiary/aromatic N) is 4. The van der Waals surface area contributed by atoms with Crippen molar-refractivity contribution in [3.63, 3.8) is 0 Å². The average molecular weight is 540 g/mol. The van der Waals surface area contributed by atoms with Crippen LogP contribution >= 0.6 is 0 Å². The van der Waals surface area contributed by atoms with Gasteiger partial charge in [-0.25, -0.2) is 14.8 Å². The maximum Gasteiger partial charge on any atom is 0.376 e. The third-order valence-corrected chi connectivity index (χ3v) is 6.71. The van der Waals surface area contributed by atoms with E-state index in [1.54, 1.807) is 66.6 Å². The fourth-order valence-corrected chi connectivity index (χ4v) is 4.44. The molecule has 2 aliphatic rings. The Bertz CT molecular complexity index is 1440. The predicted octanol–water partition coefficient (Wildman–Crippen LogP) is 3.30. The van der Waals surface area contributed by atoms with Crippen LogP contribution in [0.5, 0.6) is 5.75 Å². The highest BCUT2D eigenvalue weighted by Gasteiger charge is 2.32. The molecule has 2 heterocycles. The lowest BCUT2D eigenvalue weighted by Gasteiger charge is -2.36. The SMILES string of the molecule is COc1ccc(N2NOC(=O)/C2=C\C(=NC(=O)c2ccccc2)C(=O)N2CCN(c3ccc(C)cc3)CC2)cc1. The second-order valence-corrected chi connectivity index (χ2v) is 9.33. The van der Waals surface area contributed by atoms with E-state index < -0.39 is 17.8 Å². The molecule has 0 saturated carbocycles. The van der Waals surface area contributed by atoms with E-state index in [1.165, 1.54) is 16.6 Å². The zero-order chi connectivity index (χ0) is 28.1. The largest absolute Gasteiger partial charge is 0.497 e. The fraction of sp³-hybridized carbons (Fsp3) is 0.200. The predicted molar refractivity (Wildman–Crippen MR) is 151 cm³/mol. The number of hydrogen-bond donors (Lipinski definition) is 1. The van der Waals surface area contributed by atoms with Crippen molar-refractivity contribution in [1.29, 1.82) is 0 Å². The van der Waals surface area contributed by atoms with Crippen LogP contribution in [0, 0.1) is 6.92 Å². The molecule has 0 radical (unpaired) electrons. The topological polar surface area (TPSA) is 104 Å². The van der Waals surface area contributed by atoms with Gasteiger partial charge in [0.2, 0.25) is 0 Å². The van der Waals surface area contributed by atoms with E-state index in [-0.39, 0.29) is 11.4 Å². The quantitative estimate of drug-likeness (QED) is 0.376. The first kappa shape index (κ1) is 26.6. The number of aliphatic imine (C=N–C) groups is 1. The van der Waals surface area contributed by atoms with Gasteiger partial charge in [-0.05, 0) is 55.5 Å². The van der Waals surface area contributed by atoms with Crippen LogP contribution in [0.4, 0.5) is 11.4 Å². The van der Waals surface area contributed by atoms with Crippen molar-refractivity contribution in [1.82, 2.24) is 10.5 Å². The number of hydrazine groups is 1. The zero-order valence-electron chi connectivity index (χ0n) is 22.2. The van der Waals surface area contributed by atoms with Gasteiger partial charge < -0.3 is 19.4 Å². The molecule has 1 N–H and O–H groups in total. The molecule has 5 rings (SSSR count). The number of carbonyl (C=O) groups excluding carboxylic acids is 3. The number of hydrogen-bond acceptors (Lipinski definition) is 8. The van der Waals surface area contributed by atoms with Crippen LogP contribution in [-0.2, 0) is 14.4 Å². The summed E-state index contributed by atoms with van der Waals surface area (Å²) in [6, 6.07) is 23.6. The van der Waals surface area contributed by atoms with Gasteiger partial charge in [0.25, 0.3) is 11.8 Å². The van der Waals surface area contributed by atoms with Crippen molar-refractivity contribution in [2.45, 2.75) is 6.92 Å². The van der Waals surface area contributed by atoms with E-state index in [4.69, 9.17) is 9.57 Å². The molecule has 2 amide bonds. The van der Waals surface area contributed by atoms with E-state index in [0.717, 1.165) is 5.69 Å². The summed E-state index contributed by atoms with van der Waals surface area (Å²) in [7, 11) is 1.56. The van der Waals surface area contributed by atoms with Crippen molar-refractivity contribution in [2.75, 3.05) is 43.2 Å². The first-order chi connectivity index (χ1) is 19.4. The number of anilines is 2. The summed E-state index contributed by atoms with van der Waals surface area (Å²) < 4.78 is 5.21. The van der Waals surface area contributed by atoms with E-state index in [0.29, 0.717) is 43.2 Å². The number of ether oxygens (including phenoxy) is 1. The lowest BCUT2D eigenvalue weighted by Crippen LogP contribution is -2.50. The molecule has 0 bridgehead atoms. The monoisotopic (exact) mass is 539 g/mol. The summed E-state index contributed by atoms with van der Waals surface area (Å²) in [4.78, 5) is 52.5. The van der Waals surface area contributed by atoms with E-state index in [9.17, 15) is 14.4 Å². The highest BCUT2D eigenvalue weighted by atomic mass is 16.7. The molecule has 3 aromatic rings. The van der Waals surface area contributed by atoms with Gasteiger partial charge in [0, 0.05) is 43.5 Å². The molecule has 0 atom stereocenters. The minimum Gasteiger partial charge on any atom is -0.497 e. The molecule has 2 fully saturated rings. The summed E-state index contributed by atoms with van der Waals surface area (Å²) in [6.07, 6.45) is 1.29. The number of benzene rings is 3. The minimum absolute atomic E-state index is 0.0106. The normalized spacial score (nSPS) is 16.8. The van der Waals surface area contributed by atoms with Crippen LogP contribution in [0.25, 0.3) is 0 Å². The summed E-state index contributed by atoms with van der Waals surface area (Å²) >= 11 is 0. The van der Waals surface area contributed by atoms with Crippen molar-refractivity contribution in [3.05, 3.63) is 102 Å². The molecule has 40 heavy (non-hydrogen) atoms. The highest BCUT2D eigenvalue weighted by Crippen LogP contribution is 2.25. The van der Waals surface area contributed by atoms with Crippen molar-refractivity contribution < 1.29 is 24.0 Å². The van der Waals surface area contributed by atoms with Gasteiger partial charge in [0.05, 0.1) is 12.8 Å². The molecule has 0 unspecified atom stereocenters. The molecular weight excluding hydrogens is 510 g/mol. The summed E-state index contributed by atoms with van der Waals surface area (Å²) in [6.45, 7) is 4.14. The average Bonchev–Trinajstić information content (AvgIpc) is 3.36. The van der Waals surface area contributed by atoms with Gasteiger partial charge in [-0.15, -0.1) is 0 Å². The smallest absolute Gasteiger partial charge is 0.376 e. The van der Waals surface area contributed by atoms with Gasteiger partial charge >= 0.3 is 5.97 Å². The summed E-state index contributed by atoms with van der Waals surface area (Å²) in [5, 5.41) is 1.38. The molecule has 0 aromatic heterocycles. The number of aryl methyl sites for hydroxylation is 1. The van der Waals surface area contributed by atoms with Crippen molar-refractivity contribution in [2.24, 2.45) is 4.99 Å². The standard InChI is InChI=1S/C30H29N5O5/c1-21-8-10-23(11-9-21)33-16-18-34(19-17-33)29(37)26(31-28(36)22-6-4-3-5-7-22)20-27-30(38)40-32-35(27)24-12-14-25(39-2)15-13-24/h3-15,20,32H,16-19H2,1-2H3/b27-20+,31-26?. The molecule has 2 aliphatic heterocycles. The van der Waals surface area contributed by atoms with Crippen molar-refractivity contribution >= 4 is 34.9 Å². The Morgan fingerprint density at radius 2 is 1.55 bits per heavy atom. The van der Waals surface area contributed by atoms with Crippen LogP contribution in [-0.4, -0.2) is 61.7 Å². The molecular formula is C30H29N5O5. The molecule has 3 aromatic carbocycles. The van der Waals surface area contributed by atoms with Crippen LogP contribution < -0.4 is 20.2 Å². The van der Waals surface area contributed by atoms with E-state index in [2.05, 4.69) is 39.7 Å². The molecule has 0 aliphatic carbocycles. The maximum absolute atomic E-state index is 13.7. The van der Waals surface area contributed by atoms with Crippen LogP contribution in [0.2, 0.25) is 0 Å². The van der Waals surface area contributed by atoms with Crippen LogP contribution in [0.3, 0.4) is 0 Å². The fourth-order valence-electron chi connectivity index (χ4n) is 4.44. The van der Waals surface area contributed by atoms with Crippen LogP contribution in [0.15, 0.2) is 95.6 Å². The summed E-state index contributed by atoms with van der Waals surface area (Å²) in [5.74, 6) is -1.12. The van der Waals surface area contributed by atoms with Crippen LogP contribution in [0.1, 0.15) is 15.9 Å². The van der Waals surface area contributed by atoms with Gasteiger partial charge in [0.15, 0.2) is 5.70 Å². The zero-order valence-corrected chi connectivity index (χ0v) is 22.2. The number of piperazine rings is 1. The third-order valence-electron chi connectivity index (χ3n) is 6.71. The number of methoxy groups -OCH3 is 1. The molecule has 204 valence electrons. The maximum atomic E-state index is 13.7. The molecule has 0 spiro atoms. The lowest BCUT2D eigenvalue weighted by atomic mass is 10.1. The number of amides is 2. The Morgan fingerprint density at radius 1 is 0.900 bits per heavy atom. The van der Waals surface area contributed by atoms with Gasteiger partial charge in [-0.3, -0.25) is 9.59 Å². The van der Waals surface area contributed by atoms with Gasteiger partial charge in [0.1, 0.15) is 11.5 Å². The first-order valence-electron chi connectivity index (χ1n) is 12.8. The summed E-state index contributed by atoms with van der Waals surface area (Å²) in [5.41, 5.74) is 5.55. The van der Waals surface area contributed by atoms with Gasteiger partial charge in [-0.2, -0.15) is 0 Å².